The number of esters is 1. The Morgan fingerprint density at radius 3 is 2.30 bits per heavy atom. The maximum atomic E-state index is 12.2. The quantitative estimate of drug-likeness (QED) is 0.874. The highest BCUT2D eigenvalue weighted by atomic mass is 16.5. The lowest BCUT2D eigenvalue weighted by Crippen LogP contribution is -2.30. The highest BCUT2D eigenvalue weighted by molar-refractivity contribution is 5.97. The van der Waals surface area contributed by atoms with E-state index in [9.17, 15) is 9.59 Å². The van der Waals surface area contributed by atoms with Crippen LogP contribution in [0.1, 0.15) is 34.0 Å². The molecule has 0 saturated carbocycles. The summed E-state index contributed by atoms with van der Waals surface area (Å²) in [5, 5.41) is 2.80. The molecule has 0 heterocycles. The van der Waals surface area contributed by atoms with Gasteiger partial charge in [0.25, 0.3) is 5.91 Å². The van der Waals surface area contributed by atoms with Gasteiger partial charge in [0.15, 0.2) is 6.10 Å². The average Bonchev–Trinajstić information content (AvgIpc) is 2.52. The van der Waals surface area contributed by atoms with Crippen molar-refractivity contribution in [2.75, 3.05) is 5.32 Å². The van der Waals surface area contributed by atoms with Crippen LogP contribution in [-0.4, -0.2) is 18.0 Å². The molecule has 0 saturated heterocycles. The first-order chi connectivity index (χ1) is 10.9. The standard InChI is InChI=1S/C19H21NO3/c1-12-8-10-16(11-9-12)19(22)23-15(4)18(21)20-17-7-5-6-13(2)14(17)3/h5-11,15H,1-4H3,(H,20,21)/t15-/m1/s1. The van der Waals surface area contributed by atoms with Crippen LogP contribution >= 0.6 is 0 Å². The molecule has 0 aliphatic heterocycles. The van der Waals surface area contributed by atoms with Gasteiger partial charge in [-0.1, -0.05) is 29.8 Å². The first-order valence-corrected chi connectivity index (χ1v) is 7.53. The van der Waals surface area contributed by atoms with Crippen LogP contribution in [-0.2, 0) is 9.53 Å². The minimum absolute atomic E-state index is 0.348. The molecular formula is C19H21NO3. The zero-order valence-corrected chi connectivity index (χ0v) is 13.8. The van der Waals surface area contributed by atoms with Crippen LogP contribution in [0.25, 0.3) is 0 Å². The normalized spacial score (nSPS) is 11.7. The Kier molecular flexibility index (Phi) is 5.16. The predicted molar refractivity (Wildman–Crippen MR) is 90.6 cm³/mol. The topological polar surface area (TPSA) is 55.4 Å². The highest BCUT2D eigenvalue weighted by Crippen LogP contribution is 2.18. The number of nitrogens with one attached hydrogen (secondary N) is 1. The second kappa shape index (κ2) is 7.09. The van der Waals surface area contributed by atoms with Crippen molar-refractivity contribution in [3.05, 3.63) is 64.7 Å². The summed E-state index contributed by atoms with van der Waals surface area (Å²) in [5.41, 5.74) is 4.31. The van der Waals surface area contributed by atoms with E-state index in [-0.39, 0.29) is 5.91 Å². The van der Waals surface area contributed by atoms with Crippen molar-refractivity contribution in [2.45, 2.75) is 33.8 Å². The number of rotatable bonds is 4. The molecule has 0 aliphatic carbocycles. The number of hydrogen-bond donors (Lipinski definition) is 1. The van der Waals surface area contributed by atoms with Crippen LogP contribution < -0.4 is 5.32 Å². The molecule has 23 heavy (non-hydrogen) atoms. The van der Waals surface area contributed by atoms with Crippen LogP contribution in [0.4, 0.5) is 5.69 Å². The highest BCUT2D eigenvalue weighted by Gasteiger charge is 2.19. The Labute approximate surface area is 136 Å². The summed E-state index contributed by atoms with van der Waals surface area (Å²) in [6.07, 6.45) is -0.872. The number of amides is 1. The molecule has 0 fully saturated rings. The fraction of sp³-hybridized carbons (Fsp3) is 0.263. The number of benzene rings is 2. The summed E-state index contributed by atoms with van der Waals surface area (Å²) in [6, 6.07) is 12.7. The Morgan fingerprint density at radius 2 is 1.65 bits per heavy atom. The van der Waals surface area contributed by atoms with Crippen molar-refractivity contribution in [2.24, 2.45) is 0 Å². The molecule has 0 aliphatic rings. The Bertz CT molecular complexity index is 720. The lowest BCUT2D eigenvalue weighted by molar-refractivity contribution is -0.123. The molecular weight excluding hydrogens is 290 g/mol. The molecule has 0 unspecified atom stereocenters. The van der Waals surface area contributed by atoms with Crippen molar-refractivity contribution in [3.8, 4) is 0 Å². The van der Waals surface area contributed by atoms with E-state index in [2.05, 4.69) is 5.32 Å². The molecule has 4 nitrogen and oxygen atoms in total. The summed E-state index contributed by atoms with van der Waals surface area (Å²) < 4.78 is 5.23. The fourth-order valence-corrected chi connectivity index (χ4v) is 2.09. The van der Waals surface area contributed by atoms with Crippen molar-refractivity contribution in [1.82, 2.24) is 0 Å². The molecule has 2 rings (SSSR count). The maximum Gasteiger partial charge on any atom is 0.338 e. The van der Waals surface area contributed by atoms with Gasteiger partial charge in [0, 0.05) is 5.69 Å². The lowest BCUT2D eigenvalue weighted by Gasteiger charge is -2.15. The molecule has 120 valence electrons. The van der Waals surface area contributed by atoms with E-state index in [1.165, 1.54) is 0 Å². The van der Waals surface area contributed by atoms with E-state index >= 15 is 0 Å². The zero-order chi connectivity index (χ0) is 17.0. The SMILES string of the molecule is Cc1ccc(C(=O)O[C@H](C)C(=O)Nc2cccc(C)c2C)cc1. The predicted octanol–water partition coefficient (Wildman–Crippen LogP) is 3.80. The minimum Gasteiger partial charge on any atom is -0.449 e. The van der Waals surface area contributed by atoms with Gasteiger partial charge >= 0.3 is 5.97 Å². The second-order valence-electron chi connectivity index (χ2n) is 5.65. The summed E-state index contributed by atoms with van der Waals surface area (Å²) >= 11 is 0. The summed E-state index contributed by atoms with van der Waals surface area (Å²) in [5.74, 6) is -0.854. The van der Waals surface area contributed by atoms with Gasteiger partial charge in [-0.3, -0.25) is 4.79 Å². The van der Waals surface area contributed by atoms with Crippen LogP contribution in [0.5, 0.6) is 0 Å². The van der Waals surface area contributed by atoms with Crippen LogP contribution in [0.2, 0.25) is 0 Å². The number of ether oxygens (including phenoxy) is 1. The summed E-state index contributed by atoms with van der Waals surface area (Å²) in [6.45, 7) is 7.42. The molecule has 0 bridgehead atoms. The van der Waals surface area contributed by atoms with Crippen molar-refractivity contribution in [1.29, 1.82) is 0 Å². The van der Waals surface area contributed by atoms with Crippen LogP contribution in [0.15, 0.2) is 42.5 Å². The molecule has 1 N–H and O–H groups in total. The van der Waals surface area contributed by atoms with E-state index in [1.807, 2.05) is 51.1 Å². The molecule has 4 heteroatoms. The van der Waals surface area contributed by atoms with Crippen LogP contribution in [0.3, 0.4) is 0 Å². The smallest absolute Gasteiger partial charge is 0.338 e. The van der Waals surface area contributed by atoms with Gasteiger partial charge in [0.2, 0.25) is 0 Å². The minimum atomic E-state index is -0.872. The van der Waals surface area contributed by atoms with Crippen LogP contribution in [0, 0.1) is 20.8 Å². The molecule has 2 aromatic carbocycles. The average molecular weight is 311 g/mol. The summed E-state index contributed by atoms with van der Waals surface area (Å²) in [7, 11) is 0. The van der Waals surface area contributed by atoms with E-state index in [1.54, 1.807) is 19.1 Å². The molecule has 1 amide bonds. The van der Waals surface area contributed by atoms with E-state index in [0.717, 1.165) is 22.4 Å². The molecule has 0 spiro atoms. The van der Waals surface area contributed by atoms with Gasteiger partial charge in [-0.05, 0) is 57.0 Å². The second-order valence-corrected chi connectivity index (χ2v) is 5.65. The van der Waals surface area contributed by atoms with Crippen molar-refractivity contribution >= 4 is 17.6 Å². The number of carbonyl (C=O) groups is 2. The number of aryl methyl sites for hydroxylation is 2. The van der Waals surface area contributed by atoms with E-state index < -0.39 is 12.1 Å². The Hall–Kier alpha value is -2.62. The number of carbonyl (C=O) groups excluding carboxylic acids is 2. The first kappa shape index (κ1) is 16.7. The Balaban J connectivity index is 2.01. The van der Waals surface area contributed by atoms with Gasteiger partial charge in [-0.2, -0.15) is 0 Å². The monoisotopic (exact) mass is 311 g/mol. The summed E-state index contributed by atoms with van der Waals surface area (Å²) in [4.78, 5) is 24.3. The third-order valence-corrected chi connectivity index (χ3v) is 3.80. The number of anilines is 1. The van der Waals surface area contributed by atoms with Crippen molar-refractivity contribution < 1.29 is 14.3 Å². The third-order valence-electron chi connectivity index (χ3n) is 3.80. The van der Waals surface area contributed by atoms with Gasteiger partial charge < -0.3 is 10.1 Å². The Morgan fingerprint density at radius 1 is 1.00 bits per heavy atom. The van der Waals surface area contributed by atoms with Gasteiger partial charge in [0.1, 0.15) is 0 Å². The lowest BCUT2D eigenvalue weighted by atomic mass is 10.1. The van der Waals surface area contributed by atoms with E-state index in [0.29, 0.717) is 5.56 Å². The van der Waals surface area contributed by atoms with Gasteiger partial charge in [-0.15, -0.1) is 0 Å². The molecule has 2 aromatic rings. The fourth-order valence-electron chi connectivity index (χ4n) is 2.09. The van der Waals surface area contributed by atoms with E-state index in [4.69, 9.17) is 4.74 Å². The molecule has 0 aromatic heterocycles. The van der Waals surface area contributed by atoms with Gasteiger partial charge in [0.05, 0.1) is 5.56 Å². The van der Waals surface area contributed by atoms with Crippen molar-refractivity contribution in [3.63, 3.8) is 0 Å². The zero-order valence-electron chi connectivity index (χ0n) is 13.8. The first-order valence-electron chi connectivity index (χ1n) is 7.53. The maximum absolute atomic E-state index is 12.2. The molecule has 1 atom stereocenters. The van der Waals surface area contributed by atoms with Gasteiger partial charge in [-0.25, -0.2) is 4.79 Å². The number of hydrogen-bond acceptors (Lipinski definition) is 3. The third kappa shape index (κ3) is 4.19. The largest absolute Gasteiger partial charge is 0.449 e. The molecule has 0 radical (unpaired) electrons.